The molecule has 1 aliphatic heterocycles. The fourth-order valence-corrected chi connectivity index (χ4v) is 3.20. The van der Waals surface area contributed by atoms with Crippen LogP contribution in [0.1, 0.15) is 32.1 Å². The van der Waals surface area contributed by atoms with Crippen LogP contribution in [0.15, 0.2) is 18.3 Å². The largest absolute Gasteiger partial charge is 0.352 e. The first kappa shape index (κ1) is 14.3. The van der Waals surface area contributed by atoms with Gasteiger partial charge < -0.3 is 9.80 Å². The minimum atomic E-state index is -0.286. The molecule has 114 valence electrons. The summed E-state index contributed by atoms with van der Waals surface area (Å²) in [5.74, 6) is 0.601. The Balaban J connectivity index is 1.68. The van der Waals surface area contributed by atoms with Crippen molar-refractivity contribution >= 4 is 11.7 Å². The van der Waals surface area contributed by atoms with Gasteiger partial charge in [-0.25, -0.2) is 9.37 Å². The average molecular weight is 291 g/mol. The highest BCUT2D eigenvalue weighted by Gasteiger charge is 2.33. The summed E-state index contributed by atoms with van der Waals surface area (Å²) < 4.78 is 13.9. The Hall–Kier alpha value is -1.65. The number of nitrogens with zero attached hydrogens (tertiary/aromatic N) is 3. The van der Waals surface area contributed by atoms with Crippen molar-refractivity contribution in [1.29, 1.82) is 0 Å². The molecule has 0 N–H and O–H groups in total. The molecule has 0 aromatic carbocycles. The van der Waals surface area contributed by atoms with Gasteiger partial charge in [0.15, 0.2) is 11.6 Å². The van der Waals surface area contributed by atoms with Crippen LogP contribution in [-0.2, 0) is 4.79 Å². The van der Waals surface area contributed by atoms with E-state index in [1.807, 2.05) is 16.8 Å². The molecule has 1 unspecified atom stereocenters. The molecule has 1 aromatic heterocycles. The van der Waals surface area contributed by atoms with Crippen LogP contribution in [0.25, 0.3) is 0 Å². The molecule has 0 bridgehead atoms. The zero-order chi connectivity index (χ0) is 14.8. The molecule has 2 aliphatic rings. The third-order valence-electron chi connectivity index (χ3n) is 4.78. The molecule has 2 fully saturated rings. The lowest BCUT2D eigenvalue weighted by atomic mass is 9.84. The first-order chi connectivity index (χ1) is 10.2. The van der Waals surface area contributed by atoms with E-state index in [-0.39, 0.29) is 23.7 Å². The SMILES string of the molecule is CN(C(=O)C1CCC1)C1CCCN(c2ncccc2F)C1. The summed E-state index contributed by atoms with van der Waals surface area (Å²) in [7, 11) is 1.89. The van der Waals surface area contributed by atoms with Crippen LogP contribution in [0.2, 0.25) is 0 Å². The van der Waals surface area contributed by atoms with Crippen molar-refractivity contribution in [3.63, 3.8) is 0 Å². The Morgan fingerprint density at radius 1 is 1.38 bits per heavy atom. The number of hydrogen-bond donors (Lipinski definition) is 0. The lowest BCUT2D eigenvalue weighted by molar-refractivity contribution is -0.139. The van der Waals surface area contributed by atoms with Crippen LogP contribution in [0.5, 0.6) is 0 Å². The summed E-state index contributed by atoms with van der Waals surface area (Å²) in [5, 5.41) is 0. The van der Waals surface area contributed by atoms with Crippen LogP contribution in [0.3, 0.4) is 0 Å². The molecule has 0 spiro atoms. The number of amides is 1. The highest BCUT2D eigenvalue weighted by atomic mass is 19.1. The van der Waals surface area contributed by atoms with Gasteiger partial charge in [-0.05, 0) is 37.8 Å². The third-order valence-corrected chi connectivity index (χ3v) is 4.78. The molecule has 1 aliphatic carbocycles. The van der Waals surface area contributed by atoms with Gasteiger partial charge in [-0.3, -0.25) is 4.79 Å². The Bertz CT molecular complexity index is 518. The van der Waals surface area contributed by atoms with Gasteiger partial charge >= 0.3 is 0 Å². The summed E-state index contributed by atoms with van der Waals surface area (Å²) in [4.78, 5) is 20.4. The lowest BCUT2D eigenvalue weighted by Gasteiger charge is -2.40. The van der Waals surface area contributed by atoms with Crippen molar-refractivity contribution < 1.29 is 9.18 Å². The Morgan fingerprint density at radius 2 is 2.19 bits per heavy atom. The molecular formula is C16H22FN3O. The zero-order valence-corrected chi connectivity index (χ0v) is 12.5. The van der Waals surface area contributed by atoms with Gasteiger partial charge in [0.1, 0.15) is 0 Å². The van der Waals surface area contributed by atoms with E-state index in [0.717, 1.165) is 32.2 Å². The lowest BCUT2D eigenvalue weighted by Crippen LogP contribution is -2.51. The smallest absolute Gasteiger partial charge is 0.225 e. The molecular weight excluding hydrogens is 269 g/mol. The van der Waals surface area contributed by atoms with Crippen molar-refractivity contribution in [3.8, 4) is 0 Å². The van der Waals surface area contributed by atoms with E-state index in [0.29, 0.717) is 12.4 Å². The second-order valence-electron chi connectivity index (χ2n) is 6.13. The van der Waals surface area contributed by atoms with Gasteiger partial charge in [-0.15, -0.1) is 0 Å². The summed E-state index contributed by atoms with van der Waals surface area (Å²) in [6, 6.07) is 3.20. The van der Waals surface area contributed by atoms with Crippen molar-refractivity contribution in [3.05, 3.63) is 24.1 Å². The van der Waals surface area contributed by atoms with E-state index in [9.17, 15) is 9.18 Å². The number of pyridine rings is 1. The molecule has 2 heterocycles. The van der Waals surface area contributed by atoms with Crippen molar-refractivity contribution in [2.75, 3.05) is 25.0 Å². The Kier molecular flexibility index (Phi) is 4.08. The van der Waals surface area contributed by atoms with Gasteiger partial charge in [0.05, 0.1) is 0 Å². The summed E-state index contributed by atoms with van der Waals surface area (Å²) in [6.07, 6.45) is 6.78. The van der Waals surface area contributed by atoms with Gasteiger partial charge in [-0.2, -0.15) is 0 Å². The Labute approximate surface area is 125 Å². The summed E-state index contributed by atoms with van der Waals surface area (Å²) in [5.41, 5.74) is 0. The minimum absolute atomic E-state index is 0.160. The monoisotopic (exact) mass is 291 g/mol. The third kappa shape index (κ3) is 2.87. The molecule has 4 nitrogen and oxygen atoms in total. The van der Waals surface area contributed by atoms with Crippen molar-refractivity contribution in [1.82, 2.24) is 9.88 Å². The molecule has 1 atom stereocenters. The normalized spacial score (nSPS) is 22.8. The molecule has 1 aromatic rings. The predicted octanol–water partition coefficient (Wildman–Crippen LogP) is 2.45. The van der Waals surface area contributed by atoms with E-state index >= 15 is 0 Å². The number of aromatic nitrogens is 1. The average Bonchev–Trinajstić information content (AvgIpc) is 2.45. The van der Waals surface area contributed by atoms with Gasteiger partial charge in [0.2, 0.25) is 5.91 Å². The first-order valence-electron chi connectivity index (χ1n) is 7.79. The molecule has 1 saturated heterocycles. The van der Waals surface area contributed by atoms with E-state index in [1.165, 1.54) is 12.5 Å². The number of anilines is 1. The fraction of sp³-hybridized carbons (Fsp3) is 0.625. The summed E-state index contributed by atoms with van der Waals surface area (Å²) in [6.45, 7) is 1.47. The fourth-order valence-electron chi connectivity index (χ4n) is 3.20. The topological polar surface area (TPSA) is 36.4 Å². The number of piperidine rings is 1. The second-order valence-corrected chi connectivity index (χ2v) is 6.13. The van der Waals surface area contributed by atoms with Crippen molar-refractivity contribution in [2.45, 2.75) is 38.1 Å². The molecule has 5 heteroatoms. The quantitative estimate of drug-likeness (QED) is 0.858. The molecule has 0 radical (unpaired) electrons. The van der Waals surface area contributed by atoms with Crippen LogP contribution in [0, 0.1) is 11.7 Å². The van der Waals surface area contributed by atoms with Crippen molar-refractivity contribution in [2.24, 2.45) is 5.92 Å². The number of halogens is 1. The van der Waals surface area contributed by atoms with Gasteiger partial charge in [0.25, 0.3) is 0 Å². The van der Waals surface area contributed by atoms with E-state index < -0.39 is 0 Å². The molecule has 1 saturated carbocycles. The molecule has 1 amide bonds. The Morgan fingerprint density at radius 3 is 2.86 bits per heavy atom. The zero-order valence-electron chi connectivity index (χ0n) is 12.5. The number of carbonyl (C=O) groups excluding carboxylic acids is 1. The van der Waals surface area contributed by atoms with Crippen LogP contribution in [-0.4, -0.2) is 42.0 Å². The van der Waals surface area contributed by atoms with E-state index in [2.05, 4.69) is 4.98 Å². The highest BCUT2D eigenvalue weighted by molar-refractivity contribution is 5.79. The van der Waals surface area contributed by atoms with E-state index in [4.69, 9.17) is 0 Å². The first-order valence-corrected chi connectivity index (χ1v) is 7.79. The minimum Gasteiger partial charge on any atom is -0.352 e. The summed E-state index contributed by atoms with van der Waals surface area (Å²) >= 11 is 0. The van der Waals surface area contributed by atoms with Crippen LogP contribution in [0.4, 0.5) is 10.2 Å². The van der Waals surface area contributed by atoms with E-state index in [1.54, 1.807) is 12.3 Å². The standard InChI is InChI=1S/C16H22FN3O/c1-19(16(21)12-5-2-6-12)13-7-4-10-20(11-13)15-14(17)8-3-9-18-15/h3,8-9,12-13H,2,4-7,10-11H2,1H3. The maximum absolute atomic E-state index is 13.9. The molecule has 21 heavy (non-hydrogen) atoms. The number of hydrogen-bond acceptors (Lipinski definition) is 3. The van der Waals surface area contributed by atoms with Gasteiger partial charge in [0, 0.05) is 38.3 Å². The maximum Gasteiger partial charge on any atom is 0.225 e. The number of rotatable bonds is 3. The highest BCUT2D eigenvalue weighted by Crippen LogP contribution is 2.30. The molecule has 3 rings (SSSR count). The van der Waals surface area contributed by atoms with Crippen LogP contribution >= 0.6 is 0 Å². The maximum atomic E-state index is 13.9. The number of carbonyl (C=O) groups is 1. The number of likely N-dealkylation sites (N-methyl/N-ethyl adjacent to an activating group) is 1. The predicted molar refractivity (Wildman–Crippen MR) is 79.5 cm³/mol. The van der Waals surface area contributed by atoms with Gasteiger partial charge in [-0.1, -0.05) is 6.42 Å². The van der Waals surface area contributed by atoms with Crippen LogP contribution < -0.4 is 4.90 Å². The second kappa shape index (κ2) is 6.00.